The number of nitrogens with one attached hydrogen (secondary N) is 3. The van der Waals surface area contributed by atoms with Gasteiger partial charge in [-0.3, -0.25) is 14.1 Å². The Kier molecular flexibility index (Phi) is 8.98. The second-order valence-corrected chi connectivity index (χ2v) is 9.34. The Balaban J connectivity index is 1.47. The number of thiophene rings is 1. The van der Waals surface area contributed by atoms with Gasteiger partial charge in [-0.15, -0.1) is 11.3 Å². The van der Waals surface area contributed by atoms with Crippen LogP contribution in [0.3, 0.4) is 0 Å². The Morgan fingerprint density at radius 1 is 1.21 bits per heavy atom. The fourth-order valence-electron chi connectivity index (χ4n) is 3.53. The van der Waals surface area contributed by atoms with Crippen LogP contribution >= 0.6 is 11.3 Å². The number of aromatic nitrogens is 1. The maximum Gasteiger partial charge on any atom is 0.323 e. The zero-order valence-electron chi connectivity index (χ0n) is 19.8. The van der Waals surface area contributed by atoms with Crippen LogP contribution in [-0.4, -0.2) is 33.1 Å². The summed E-state index contributed by atoms with van der Waals surface area (Å²) in [5, 5.41) is 10.7. The molecule has 0 aliphatic rings. The SMILES string of the molecule is NCc1ccc(F)c(NC(=O)Nc2ccc(-c3csc4c(C#CCNCOS(=O)O)cnc(N)c34)cc2)c1. The Hall–Kier alpha value is -3.90. The van der Waals surface area contributed by atoms with E-state index in [0.29, 0.717) is 22.6 Å². The number of nitrogens with two attached hydrogens (primary N) is 2. The third-order valence-electron chi connectivity index (χ3n) is 5.29. The molecule has 0 aliphatic heterocycles. The summed E-state index contributed by atoms with van der Waals surface area (Å²) in [6.07, 6.45) is 1.60. The number of nitrogens with zero attached hydrogens (tertiary/aromatic N) is 1. The van der Waals surface area contributed by atoms with E-state index in [1.54, 1.807) is 24.4 Å². The number of benzene rings is 2. The van der Waals surface area contributed by atoms with E-state index in [9.17, 15) is 13.4 Å². The number of urea groups is 1. The number of amides is 2. The molecule has 13 heteroatoms. The first-order valence-electron chi connectivity index (χ1n) is 11.1. The molecule has 0 fully saturated rings. The monoisotopic (exact) mass is 554 g/mol. The maximum atomic E-state index is 14.0. The second kappa shape index (κ2) is 12.6. The van der Waals surface area contributed by atoms with Gasteiger partial charge in [-0.05, 0) is 40.8 Å². The lowest BCUT2D eigenvalue weighted by Crippen LogP contribution is -2.20. The molecule has 2 heterocycles. The zero-order valence-corrected chi connectivity index (χ0v) is 21.4. The quantitative estimate of drug-likeness (QED) is 0.0828. The molecule has 0 saturated heterocycles. The number of carbonyl (C=O) groups excluding carboxylic acids is 1. The number of hydrogen-bond donors (Lipinski definition) is 6. The minimum absolute atomic E-state index is 0.0411. The van der Waals surface area contributed by atoms with E-state index >= 15 is 0 Å². The normalized spacial score (nSPS) is 11.6. The minimum atomic E-state index is -2.33. The molecular formula is C25H23FN6O4S2. The smallest absolute Gasteiger partial charge is 0.323 e. The summed E-state index contributed by atoms with van der Waals surface area (Å²) in [6, 6.07) is 10.8. The first-order chi connectivity index (χ1) is 18.4. The van der Waals surface area contributed by atoms with Crippen molar-refractivity contribution in [3.8, 4) is 23.0 Å². The van der Waals surface area contributed by atoms with Gasteiger partial charge >= 0.3 is 17.4 Å². The van der Waals surface area contributed by atoms with Crippen LogP contribution in [0.25, 0.3) is 21.2 Å². The van der Waals surface area contributed by atoms with Gasteiger partial charge < -0.3 is 22.1 Å². The number of hydrogen-bond acceptors (Lipinski definition) is 8. The largest absolute Gasteiger partial charge is 0.383 e. The van der Waals surface area contributed by atoms with Gasteiger partial charge in [0.05, 0.1) is 22.5 Å². The van der Waals surface area contributed by atoms with Crippen molar-refractivity contribution in [2.75, 3.05) is 29.6 Å². The van der Waals surface area contributed by atoms with Crippen LogP contribution < -0.4 is 27.4 Å². The number of carbonyl (C=O) groups is 1. The minimum Gasteiger partial charge on any atom is -0.383 e. The van der Waals surface area contributed by atoms with Gasteiger partial charge in [-0.2, -0.15) is 4.21 Å². The lowest BCUT2D eigenvalue weighted by atomic mass is 10.0. The van der Waals surface area contributed by atoms with E-state index in [4.69, 9.17) is 16.0 Å². The van der Waals surface area contributed by atoms with Crippen molar-refractivity contribution in [2.24, 2.45) is 5.73 Å². The first-order valence-corrected chi connectivity index (χ1v) is 13.0. The van der Waals surface area contributed by atoms with E-state index in [1.165, 1.54) is 23.5 Å². The molecule has 4 rings (SSSR count). The molecular weight excluding hydrogens is 531 g/mol. The summed E-state index contributed by atoms with van der Waals surface area (Å²) in [4.78, 5) is 16.7. The zero-order chi connectivity index (χ0) is 27.1. The predicted octanol–water partition coefficient (Wildman–Crippen LogP) is 3.84. The number of nitrogen functional groups attached to an aromatic ring is 1. The van der Waals surface area contributed by atoms with E-state index in [2.05, 4.69) is 37.0 Å². The number of rotatable bonds is 8. The molecule has 0 saturated carbocycles. The standard InChI is InChI=1S/C25H23FN6O4S2/c26-20-8-3-15(11-27)10-21(20)32-25(33)31-18-6-4-16(5-7-18)19-13-37-23-17(12-30-24(28)22(19)23)2-1-9-29-14-36-38(34)35/h3-8,10,12-13,29H,9,11,14,27H2,(H2,28,30)(H,34,35)(H2,31,32,33). The Morgan fingerprint density at radius 3 is 2.74 bits per heavy atom. The van der Waals surface area contributed by atoms with Crippen molar-refractivity contribution in [1.82, 2.24) is 10.3 Å². The molecule has 0 spiro atoms. The summed E-state index contributed by atoms with van der Waals surface area (Å²) < 4.78 is 38.4. The lowest BCUT2D eigenvalue weighted by Gasteiger charge is -2.10. The lowest BCUT2D eigenvalue weighted by molar-refractivity contribution is 0.262. The van der Waals surface area contributed by atoms with Gasteiger partial charge in [0.25, 0.3) is 0 Å². The van der Waals surface area contributed by atoms with E-state index in [-0.39, 0.29) is 25.5 Å². The topological polar surface area (TPSA) is 165 Å². The molecule has 196 valence electrons. The first kappa shape index (κ1) is 27.1. The highest BCUT2D eigenvalue weighted by atomic mass is 32.2. The third-order valence-corrected chi connectivity index (χ3v) is 6.62. The van der Waals surface area contributed by atoms with Gasteiger partial charge in [0.1, 0.15) is 18.4 Å². The molecule has 8 N–H and O–H groups in total. The molecule has 1 atom stereocenters. The predicted molar refractivity (Wildman–Crippen MR) is 148 cm³/mol. The van der Waals surface area contributed by atoms with Gasteiger partial charge in [0.15, 0.2) is 0 Å². The van der Waals surface area contributed by atoms with E-state index in [0.717, 1.165) is 21.2 Å². The van der Waals surface area contributed by atoms with Crippen molar-refractivity contribution in [3.63, 3.8) is 0 Å². The number of anilines is 3. The highest BCUT2D eigenvalue weighted by Crippen LogP contribution is 2.38. The van der Waals surface area contributed by atoms with Crippen LogP contribution in [0.4, 0.5) is 26.4 Å². The number of fused-ring (bicyclic) bond motifs is 1. The molecule has 2 amide bonds. The molecule has 0 aliphatic carbocycles. The van der Waals surface area contributed by atoms with Crippen molar-refractivity contribution >= 4 is 56.0 Å². The van der Waals surface area contributed by atoms with Crippen molar-refractivity contribution < 1.29 is 22.1 Å². The fourth-order valence-corrected chi connectivity index (χ4v) is 4.76. The highest BCUT2D eigenvalue weighted by Gasteiger charge is 2.14. The summed E-state index contributed by atoms with van der Waals surface area (Å²) >= 11 is -0.856. The van der Waals surface area contributed by atoms with Crippen molar-refractivity contribution in [3.05, 3.63) is 71.0 Å². The average molecular weight is 555 g/mol. The van der Waals surface area contributed by atoms with Crippen LogP contribution in [0.2, 0.25) is 0 Å². The molecule has 2 aromatic heterocycles. The van der Waals surface area contributed by atoms with Gasteiger partial charge in [-0.25, -0.2) is 14.2 Å². The highest BCUT2D eigenvalue weighted by molar-refractivity contribution is 7.74. The van der Waals surface area contributed by atoms with Crippen LogP contribution in [0.1, 0.15) is 11.1 Å². The van der Waals surface area contributed by atoms with Crippen LogP contribution in [0.15, 0.2) is 54.0 Å². The van der Waals surface area contributed by atoms with Crippen molar-refractivity contribution in [2.45, 2.75) is 6.54 Å². The fraction of sp³-hybridized carbons (Fsp3) is 0.120. The van der Waals surface area contributed by atoms with Gasteiger partial charge in [-0.1, -0.05) is 30.0 Å². The van der Waals surface area contributed by atoms with Crippen LogP contribution in [0.5, 0.6) is 0 Å². The Bertz CT molecular complexity index is 1550. The summed E-state index contributed by atoms with van der Waals surface area (Å²) in [5.74, 6) is 5.75. The van der Waals surface area contributed by atoms with Gasteiger partial charge in [0, 0.05) is 29.4 Å². The van der Waals surface area contributed by atoms with E-state index in [1.807, 2.05) is 17.5 Å². The summed E-state index contributed by atoms with van der Waals surface area (Å²) in [7, 11) is 0. The molecule has 0 radical (unpaired) electrons. The second-order valence-electron chi connectivity index (χ2n) is 7.79. The molecule has 2 aromatic carbocycles. The average Bonchev–Trinajstić information content (AvgIpc) is 3.35. The molecule has 0 bridgehead atoms. The maximum absolute atomic E-state index is 14.0. The van der Waals surface area contributed by atoms with Crippen LogP contribution in [-0.2, 0) is 22.1 Å². The van der Waals surface area contributed by atoms with Crippen LogP contribution in [0, 0.1) is 17.7 Å². The Morgan fingerprint density at radius 2 is 2.00 bits per heavy atom. The van der Waals surface area contributed by atoms with E-state index < -0.39 is 23.2 Å². The molecule has 1 unspecified atom stereocenters. The molecule has 4 aromatic rings. The molecule has 10 nitrogen and oxygen atoms in total. The summed E-state index contributed by atoms with van der Waals surface area (Å²) in [6.45, 7) is 0.362. The summed E-state index contributed by atoms with van der Waals surface area (Å²) in [5.41, 5.74) is 15.5. The van der Waals surface area contributed by atoms with Crippen molar-refractivity contribution in [1.29, 1.82) is 0 Å². The number of halogens is 1. The Labute approximate surface area is 224 Å². The van der Waals surface area contributed by atoms with Gasteiger partial charge in [0.2, 0.25) is 0 Å². The third kappa shape index (κ3) is 6.69. The number of pyridine rings is 1. The molecule has 38 heavy (non-hydrogen) atoms.